The highest BCUT2D eigenvalue weighted by molar-refractivity contribution is 5.30. The molecule has 0 N–H and O–H groups in total. The number of aromatic nitrogens is 2. The zero-order chi connectivity index (χ0) is 13.9. The molecule has 5 nitrogen and oxygen atoms in total. The molecule has 106 valence electrons. The smallest absolute Gasteiger partial charge is 0.231 e. The molecule has 2 heterocycles. The number of halogens is 1. The lowest BCUT2D eigenvalue weighted by Crippen LogP contribution is -1.98. The molecule has 0 amide bonds. The number of nitrogens with zero attached hydrogens (tertiary/aromatic N) is 2. The zero-order valence-corrected chi connectivity index (χ0v) is 11.1. The van der Waals surface area contributed by atoms with Crippen LogP contribution in [0.3, 0.4) is 0 Å². The highest BCUT2D eigenvalue weighted by atomic mass is 19.1. The van der Waals surface area contributed by atoms with Crippen molar-refractivity contribution >= 4 is 0 Å². The van der Waals surface area contributed by atoms with Gasteiger partial charge in [0.25, 0.3) is 0 Å². The van der Waals surface area contributed by atoms with E-state index in [2.05, 4.69) is 10.1 Å². The maximum absolute atomic E-state index is 13.6. The fourth-order valence-corrected chi connectivity index (χ4v) is 2.25. The zero-order valence-electron chi connectivity index (χ0n) is 11.1. The van der Waals surface area contributed by atoms with Gasteiger partial charge in [-0.3, -0.25) is 0 Å². The summed E-state index contributed by atoms with van der Waals surface area (Å²) in [5.41, 5.74) is 0.755. The normalized spacial score (nSPS) is 18.4. The second-order valence-corrected chi connectivity index (χ2v) is 4.69. The molecule has 20 heavy (non-hydrogen) atoms. The highest BCUT2D eigenvalue weighted by Gasteiger charge is 2.23. The van der Waals surface area contributed by atoms with Crippen LogP contribution in [0.2, 0.25) is 0 Å². The summed E-state index contributed by atoms with van der Waals surface area (Å²) < 4.78 is 29.1. The molecule has 1 aromatic heterocycles. The van der Waals surface area contributed by atoms with E-state index in [9.17, 15) is 4.39 Å². The standard InChI is InChI=1S/C14H15FN2O3/c1-18-11-5-4-9(7-10(11)15)8-13-16-14(17-20-13)12-3-2-6-19-12/h4-5,7,12H,2-3,6,8H2,1H3. The minimum absolute atomic E-state index is 0.0693. The van der Waals surface area contributed by atoms with Crippen molar-refractivity contribution in [1.82, 2.24) is 10.1 Å². The third kappa shape index (κ3) is 2.65. The van der Waals surface area contributed by atoms with Gasteiger partial charge in [-0.25, -0.2) is 4.39 Å². The molecule has 1 saturated heterocycles. The van der Waals surface area contributed by atoms with Crippen LogP contribution in [-0.4, -0.2) is 23.9 Å². The summed E-state index contributed by atoms with van der Waals surface area (Å²) in [7, 11) is 1.43. The minimum Gasteiger partial charge on any atom is -0.494 e. The lowest BCUT2D eigenvalue weighted by molar-refractivity contribution is 0.103. The van der Waals surface area contributed by atoms with Crippen molar-refractivity contribution in [2.45, 2.75) is 25.4 Å². The quantitative estimate of drug-likeness (QED) is 0.860. The lowest BCUT2D eigenvalue weighted by atomic mass is 10.1. The van der Waals surface area contributed by atoms with Gasteiger partial charge in [0.1, 0.15) is 6.10 Å². The largest absolute Gasteiger partial charge is 0.494 e. The summed E-state index contributed by atoms with van der Waals surface area (Å²) in [5, 5.41) is 3.92. The van der Waals surface area contributed by atoms with E-state index >= 15 is 0 Å². The first-order chi connectivity index (χ1) is 9.76. The van der Waals surface area contributed by atoms with Crippen LogP contribution in [0.1, 0.15) is 36.2 Å². The van der Waals surface area contributed by atoms with Crippen molar-refractivity contribution < 1.29 is 18.4 Å². The van der Waals surface area contributed by atoms with E-state index < -0.39 is 5.82 Å². The minimum atomic E-state index is -0.399. The van der Waals surface area contributed by atoms with Gasteiger partial charge in [-0.05, 0) is 30.5 Å². The number of benzene rings is 1. The van der Waals surface area contributed by atoms with Gasteiger partial charge in [0.15, 0.2) is 11.6 Å². The molecular weight excluding hydrogens is 263 g/mol. The van der Waals surface area contributed by atoms with Gasteiger partial charge in [0.05, 0.1) is 13.5 Å². The van der Waals surface area contributed by atoms with Crippen LogP contribution in [0.25, 0.3) is 0 Å². The van der Waals surface area contributed by atoms with E-state index in [0.717, 1.165) is 25.0 Å². The predicted molar refractivity (Wildman–Crippen MR) is 68.0 cm³/mol. The predicted octanol–water partition coefficient (Wildman–Crippen LogP) is 2.66. The van der Waals surface area contributed by atoms with Gasteiger partial charge < -0.3 is 14.0 Å². The molecule has 1 unspecified atom stereocenters. The first-order valence-electron chi connectivity index (χ1n) is 6.53. The van der Waals surface area contributed by atoms with Crippen LogP contribution >= 0.6 is 0 Å². The third-order valence-electron chi connectivity index (χ3n) is 3.27. The van der Waals surface area contributed by atoms with Crippen LogP contribution < -0.4 is 4.74 Å². The number of hydrogen-bond donors (Lipinski definition) is 0. The molecule has 1 fully saturated rings. The Morgan fingerprint density at radius 2 is 2.35 bits per heavy atom. The summed E-state index contributed by atoms with van der Waals surface area (Å²) in [6, 6.07) is 4.77. The van der Waals surface area contributed by atoms with Gasteiger partial charge in [-0.15, -0.1) is 0 Å². The highest BCUT2D eigenvalue weighted by Crippen LogP contribution is 2.26. The fourth-order valence-electron chi connectivity index (χ4n) is 2.25. The molecule has 1 aliphatic rings. The maximum atomic E-state index is 13.6. The van der Waals surface area contributed by atoms with Crippen molar-refractivity contribution in [2.75, 3.05) is 13.7 Å². The van der Waals surface area contributed by atoms with Crippen molar-refractivity contribution in [3.63, 3.8) is 0 Å². The average Bonchev–Trinajstić information content (AvgIpc) is 3.09. The Morgan fingerprint density at radius 3 is 3.05 bits per heavy atom. The van der Waals surface area contributed by atoms with E-state index in [1.165, 1.54) is 13.2 Å². The van der Waals surface area contributed by atoms with Gasteiger partial charge >= 0.3 is 0 Å². The average molecular weight is 278 g/mol. The van der Waals surface area contributed by atoms with E-state index in [-0.39, 0.29) is 11.9 Å². The molecular formula is C14H15FN2O3. The Kier molecular flexibility index (Phi) is 3.64. The van der Waals surface area contributed by atoms with Crippen LogP contribution in [0, 0.1) is 5.82 Å². The SMILES string of the molecule is COc1ccc(Cc2nc(C3CCCO3)no2)cc1F. The van der Waals surface area contributed by atoms with E-state index in [0.29, 0.717) is 18.1 Å². The molecule has 3 rings (SSSR count). The van der Waals surface area contributed by atoms with E-state index in [4.69, 9.17) is 14.0 Å². The van der Waals surface area contributed by atoms with Gasteiger partial charge in [-0.1, -0.05) is 11.2 Å². The Hall–Kier alpha value is -1.95. The molecule has 1 atom stereocenters. The summed E-state index contributed by atoms with van der Waals surface area (Å²) in [4.78, 5) is 4.30. The third-order valence-corrected chi connectivity index (χ3v) is 3.27. The molecule has 0 saturated carbocycles. The molecule has 2 aromatic rings. The number of ether oxygens (including phenoxy) is 2. The van der Waals surface area contributed by atoms with Crippen molar-refractivity contribution in [2.24, 2.45) is 0 Å². The molecule has 6 heteroatoms. The van der Waals surface area contributed by atoms with Crippen LogP contribution in [0.5, 0.6) is 5.75 Å². The molecule has 1 aromatic carbocycles. The van der Waals surface area contributed by atoms with Crippen LogP contribution in [0.4, 0.5) is 4.39 Å². The first kappa shape index (κ1) is 13.1. The van der Waals surface area contributed by atoms with Crippen molar-refractivity contribution in [3.8, 4) is 5.75 Å². The number of methoxy groups -OCH3 is 1. The second-order valence-electron chi connectivity index (χ2n) is 4.69. The van der Waals surface area contributed by atoms with Gasteiger partial charge in [0.2, 0.25) is 11.7 Å². The summed E-state index contributed by atoms with van der Waals surface area (Å²) in [6.07, 6.45) is 2.25. The Morgan fingerprint density at radius 1 is 1.45 bits per heavy atom. The Labute approximate surface area is 115 Å². The summed E-state index contributed by atoms with van der Waals surface area (Å²) >= 11 is 0. The van der Waals surface area contributed by atoms with Crippen molar-refractivity contribution in [1.29, 1.82) is 0 Å². The first-order valence-corrected chi connectivity index (χ1v) is 6.53. The number of hydrogen-bond acceptors (Lipinski definition) is 5. The Balaban J connectivity index is 1.72. The van der Waals surface area contributed by atoms with Gasteiger partial charge in [-0.2, -0.15) is 4.98 Å². The summed E-state index contributed by atoms with van der Waals surface area (Å²) in [5.74, 6) is 0.856. The van der Waals surface area contributed by atoms with Crippen LogP contribution in [0.15, 0.2) is 22.7 Å². The maximum Gasteiger partial charge on any atom is 0.231 e. The topological polar surface area (TPSA) is 57.4 Å². The fraction of sp³-hybridized carbons (Fsp3) is 0.429. The summed E-state index contributed by atoms with van der Waals surface area (Å²) in [6.45, 7) is 0.734. The molecule has 0 aliphatic carbocycles. The van der Waals surface area contributed by atoms with E-state index in [1.54, 1.807) is 12.1 Å². The van der Waals surface area contributed by atoms with Crippen LogP contribution in [-0.2, 0) is 11.2 Å². The molecule has 0 radical (unpaired) electrons. The second kappa shape index (κ2) is 5.58. The molecule has 0 bridgehead atoms. The monoisotopic (exact) mass is 278 g/mol. The Bertz CT molecular complexity index is 594. The van der Waals surface area contributed by atoms with E-state index in [1.807, 2.05) is 0 Å². The molecule has 0 spiro atoms. The van der Waals surface area contributed by atoms with Crippen molar-refractivity contribution in [3.05, 3.63) is 41.3 Å². The lowest BCUT2D eigenvalue weighted by Gasteiger charge is -2.03. The molecule has 1 aliphatic heterocycles. The van der Waals surface area contributed by atoms with Gasteiger partial charge in [0, 0.05) is 6.61 Å². The number of rotatable bonds is 4.